The van der Waals surface area contributed by atoms with E-state index in [0.29, 0.717) is 12.1 Å². The summed E-state index contributed by atoms with van der Waals surface area (Å²) in [7, 11) is 0. The van der Waals surface area contributed by atoms with Gasteiger partial charge >= 0.3 is 0 Å². The molecule has 4 unspecified atom stereocenters. The number of imidazole rings is 1. The van der Waals surface area contributed by atoms with E-state index in [1.807, 2.05) is 12.4 Å². The summed E-state index contributed by atoms with van der Waals surface area (Å²) in [4.78, 5) is 10.1. The van der Waals surface area contributed by atoms with Crippen LogP contribution in [-0.4, -0.2) is 40.5 Å². The zero-order valence-electron chi connectivity index (χ0n) is 9.82. The van der Waals surface area contributed by atoms with Gasteiger partial charge < -0.3 is 15.2 Å². The van der Waals surface area contributed by atoms with E-state index in [4.69, 9.17) is 0 Å². The molecule has 88 valence electrons. The highest BCUT2D eigenvalue weighted by molar-refractivity contribution is 4.98. The lowest BCUT2D eigenvalue weighted by Crippen LogP contribution is -2.44. The molecule has 1 aromatic heterocycles. The van der Waals surface area contributed by atoms with E-state index in [-0.39, 0.29) is 0 Å². The first-order valence-electron chi connectivity index (χ1n) is 6.30. The molecule has 16 heavy (non-hydrogen) atoms. The molecule has 2 saturated heterocycles. The minimum absolute atomic E-state index is 0.340. The van der Waals surface area contributed by atoms with Crippen LogP contribution in [0.4, 0.5) is 0 Å². The Bertz CT molecular complexity index is 335. The summed E-state index contributed by atoms with van der Waals surface area (Å²) in [5, 5.41) is 3.73. The zero-order valence-corrected chi connectivity index (χ0v) is 9.82. The van der Waals surface area contributed by atoms with E-state index in [9.17, 15) is 0 Å². The third-order valence-electron chi connectivity index (χ3n) is 4.03. The number of hydrogen-bond acceptors (Lipinski definition) is 3. The van der Waals surface area contributed by atoms with Gasteiger partial charge in [0.25, 0.3) is 0 Å². The molecular weight excluding hydrogens is 200 g/mol. The summed E-state index contributed by atoms with van der Waals surface area (Å²) in [5.74, 6) is 1.91. The van der Waals surface area contributed by atoms with E-state index >= 15 is 0 Å². The Morgan fingerprint density at radius 3 is 3.19 bits per heavy atom. The van der Waals surface area contributed by atoms with Crippen molar-refractivity contribution in [3.8, 4) is 0 Å². The predicted molar refractivity (Wildman–Crippen MR) is 63.1 cm³/mol. The molecular formula is C12H20N4. The number of fused-ring (bicyclic) bond motifs is 2. The maximum absolute atomic E-state index is 4.31. The largest absolute Gasteiger partial charge is 0.347 e. The molecule has 0 spiro atoms. The van der Waals surface area contributed by atoms with Crippen LogP contribution >= 0.6 is 0 Å². The fourth-order valence-electron chi connectivity index (χ4n) is 3.09. The molecule has 0 aliphatic carbocycles. The van der Waals surface area contributed by atoms with Crippen molar-refractivity contribution in [2.24, 2.45) is 5.92 Å². The average Bonchev–Trinajstić information content (AvgIpc) is 2.93. The summed E-state index contributed by atoms with van der Waals surface area (Å²) in [6, 6.07) is 1.02. The Hall–Kier alpha value is -0.870. The maximum atomic E-state index is 4.31. The van der Waals surface area contributed by atoms with Crippen molar-refractivity contribution in [2.75, 3.05) is 19.6 Å². The van der Waals surface area contributed by atoms with Crippen molar-refractivity contribution >= 4 is 0 Å². The first-order valence-corrected chi connectivity index (χ1v) is 6.30. The van der Waals surface area contributed by atoms with E-state index < -0.39 is 0 Å². The average molecular weight is 220 g/mol. The highest BCUT2D eigenvalue weighted by Crippen LogP contribution is 2.28. The van der Waals surface area contributed by atoms with Crippen molar-refractivity contribution in [1.29, 1.82) is 0 Å². The highest BCUT2D eigenvalue weighted by atomic mass is 15.2. The van der Waals surface area contributed by atoms with Gasteiger partial charge in [0.15, 0.2) is 0 Å². The molecule has 4 atom stereocenters. The molecule has 0 amide bonds. The van der Waals surface area contributed by atoms with Crippen molar-refractivity contribution in [1.82, 2.24) is 20.2 Å². The van der Waals surface area contributed by atoms with Crippen LogP contribution in [0.25, 0.3) is 0 Å². The number of rotatable bonds is 3. The van der Waals surface area contributed by atoms with Crippen molar-refractivity contribution in [3.05, 3.63) is 18.2 Å². The minimum Gasteiger partial charge on any atom is -0.347 e. The summed E-state index contributed by atoms with van der Waals surface area (Å²) in [6.45, 7) is 6.06. The number of nitrogens with one attached hydrogen (secondary N) is 2. The second kappa shape index (κ2) is 4.18. The first-order chi connectivity index (χ1) is 7.83. The predicted octanol–water partition coefficient (Wildman–Crippen LogP) is 1.15. The topological polar surface area (TPSA) is 44.0 Å². The van der Waals surface area contributed by atoms with Crippen LogP contribution in [0.2, 0.25) is 0 Å². The smallest absolute Gasteiger partial charge is 0.122 e. The number of aromatic amines is 1. The van der Waals surface area contributed by atoms with Crippen molar-refractivity contribution in [2.45, 2.75) is 31.8 Å². The Kier molecular flexibility index (Phi) is 2.69. The number of hydrogen-bond donors (Lipinski definition) is 2. The maximum Gasteiger partial charge on any atom is 0.122 e. The van der Waals surface area contributed by atoms with Gasteiger partial charge in [-0.2, -0.15) is 0 Å². The molecule has 3 heterocycles. The Morgan fingerprint density at radius 2 is 2.38 bits per heavy atom. The van der Waals surface area contributed by atoms with Crippen LogP contribution in [0, 0.1) is 5.92 Å². The monoisotopic (exact) mass is 220 g/mol. The first kappa shape index (κ1) is 10.3. The van der Waals surface area contributed by atoms with Gasteiger partial charge in [0.1, 0.15) is 5.82 Å². The highest BCUT2D eigenvalue weighted by Gasteiger charge is 2.34. The SMILES string of the molecule is CC(NC1CCN2CCC1C2)c1ncc[nH]1. The van der Waals surface area contributed by atoms with Gasteiger partial charge in [-0.25, -0.2) is 4.98 Å². The molecule has 1 aromatic rings. The van der Waals surface area contributed by atoms with Crippen molar-refractivity contribution in [3.63, 3.8) is 0 Å². The van der Waals surface area contributed by atoms with Crippen LogP contribution in [0.3, 0.4) is 0 Å². The van der Waals surface area contributed by atoms with Gasteiger partial charge in [0.2, 0.25) is 0 Å². The Labute approximate surface area is 96.4 Å². The lowest BCUT2D eigenvalue weighted by molar-refractivity contribution is 0.211. The molecule has 2 N–H and O–H groups in total. The van der Waals surface area contributed by atoms with Gasteiger partial charge in [-0.1, -0.05) is 0 Å². The van der Waals surface area contributed by atoms with Crippen molar-refractivity contribution < 1.29 is 0 Å². The van der Waals surface area contributed by atoms with Crippen LogP contribution in [0.1, 0.15) is 31.6 Å². The number of nitrogens with zero attached hydrogens (tertiary/aromatic N) is 2. The summed E-state index contributed by atoms with van der Waals surface area (Å²) in [6.07, 6.45) is 6.37. The van der Waals surface area contributed by atoms with Crippen LogP contribution in [0.15, 0.2) is 12.4 Å². The van der Waals surface area contributed by atoms with Crippen LogP contribution in [-0.2, 0) is 0 Å². The second-order valence-corrected chi connectivity index (χ2v) is 5.11. The molecule has 3 rings (SSSR count). The van der Waals surface area contributed by atoms with Crippen LogP contribution < -0.4 is 5.32 Å². The number of H-pyrrole nitrogens is 1. The molecule has 2 aliphatic rings. The standard InChI is InChI=1S/C12H20N4/c1-9(12-13-4-5-14-12)15-11-3-7-16-6-2-10(11)8-16/h4-5,9-11,15H,2-3,6-8H2,1H3,(H,13,14). The van der Waals surface area contributed by atoms with E-state index in [1.54, 1.807) is 0 Å². The quantitative estimate of drug-likeness (QED) is 0.803. The third kappa shape index (κ3) is 1.87. The van der Waals surface area contributed by atoms with E-state index in [0.717, 1.165) is 11.7 Å². The van der Waals surface area contributed by atoms with Gasteiger partial charge in [0.05, 0.1) is 6.04 Å². The second-order valence-electron chi connectivity index (χ2n) is 5.11. The molecule has 2 aliphatic heterocycles. The third-order valence-corrected chi connectivity index (χ3v) is 4.03. The van der Waals surface area contributed by atoms with Gasteiger partial charge in [-0.05, 0) is 38.8 Å². The van der Waals surface area contributed by atoms with Gasteiger partial charge in [-0.3, -0.25) is 0 Å². The summed E-state index contributed by atoms with van der Waals surface area (Å²) >= 11 is 0. The normalized spacial score (nSPS) is 35.2. The molecule has 2 fully saturated rings. The fourth-order valence-corrected chi connectivity index (χ4v) is 3.09. The Balaban J connectivity index is 1.62. The van der Waals surface area contributed by atoms with E-state index in [2.05, 4.69) is 27.1 Å². The molecule has 0 radical (unpaired) electrons. The van der Waals surface area contributed by atoms with Crippen LogP contribution in [0.5, 0.6) is 0 Å². The molecule has 0 aromatic carbocycles. The zero-order chi connectivity index (χ0) is 11.0. The molecule has 4 heteroatoms. The summed E-state index contributed by atoms with van der Waals surface area (Å²) < 4.78 is 0. The molecule has 0 saturated carbocycles. The van der Waals surface area contributed by atoms with Gasteiger partial charge in [0, 0.05) is 25.0 Å². The lowest BCUT2D eigenvalue weighted by atomic mass is 9.93. The molecule has 4 nitrogen and oxygen atoms in total. The van der Waals surface area contributed by atoms with E-state index in [1.165, 1.54) is 32.5 Å². The van der Waals surface area contributed by atoms with Gasteiger partial charge in [-0.15, -0.1) is 0 Å². The lowest BCUT2D eigenvalue weighted by Gasteiger charge is -2.32. The summed E-state index contributed by atoms with van der Waals surface area (Å²) in [5.41, 5.74) is 0. The fraction of sp³-hybridized carbons (Fsp3) is 0.750. The Morgan fingerprint density at radius 1 is 1.50 bits per heavy atom. The molecule has 2 bridgehead atoms. The number of aromatic nitrogens is 2. The minimum atomic E-state index is 0.340. The number of piperidine rings is 1.